The largest absolute Gasteiger partial charge is 0.359 e. The Hall–Kier alpha value is -0.700. The summed E-state index contributed by atoms with van der Waals surface area (Å²) in [5.74, 6) is 2.59. The molecule has 5 rings (SSSR count). The highest BCUT2D eigenvalue weighted by atomic mass is 16.5. The van der Waals surface area contributed by atoms with Gasteiger partial charge >= 0.3 is 0 Å². The second kappa shape index (κ2) is 1.60. The molecule has 4 saturated carbocycles. The smallest absolute Gasteiger partial charge is 0.165 e. The van der Waals surface area contributed by atoms with Crippen LogP contribution in [-0.2, 0) is 14.3 Å². The van der Waals surface area contributed by atoms with E-state index >= 15 is 0 Å². The monoisotopic (exact) mass is 190 g/mol. The Balaban J connectivity index is 1.90. The van der Waals surface area contributed by atoms with Crippen molar-refractivity contribution in [3.63, 3.8) is 0 Å². The number of hydrogen-bond donors (Lipinski definition) is 0. The zero-order chi connectivity index (χ0) is 9.19. The predicted molar refractivity (Wildman–Crippen MR) is 44.2 cm³/mol. The molecule has 8 atom stereocenters. The van der Waals surface area contributed by atoms with Crippen molar-refractivity contribution < 1.29 is 14.3 Å². The van der Waals surface area contributed by atoms with Gasteiger partial charge in [0.2, 0.25) is 0 Å². The zero-order valence-electron chi connectivity index (χ0n) is 7.55. The van der Waals surface area contributed by atoms with Crippen LogP contribution in [0.15, 0.2) is 0 Å². The van der Waals surface area contributed by atoms with Crippen molar-refractivity contribution in [3.8, 4) is 0 Å². The average molecular weight is 190 g/mol. The van der Waals surface area contributed by atoms with E-state index in [2.05, 4.69) is 0 Å². The number of ether oxygens (including phenoxy) is 1. The quantitative estimate of drug-likeness (QED) is 0.541. The lowest BCUT2D eigenvalue weighted by Crippen LogP contribution is -2.26. The SMILES string of the molecule is O=C1C2OC3C(=O)C4C5CC(C14)C2C35. The van der Waals surface area contributed by atoms with Gasteiger partial charge in [-0.1, -0.05) is 0 Å². The van der Waals surface area contributed by atoms with Gasteiger partial charge in [-0.3, -0.25) is 9.59 Å². The van der Waals surface area contributed by atoms with Crippen LogP contribution in [0.4, 0.5) is 0 Å². The van der Waals surface area contributed by atoms with Gasteiger partial charge < -0.3 is 4.74 Å². The number of rotatable bonds is 0. The van der Waals surface area contributed by atoms with E-state index < -0.39 is 0 Å². The van der Waals surface area contributed by atoms with E-state index in [9.17, 15) is 9.59 Å². The van der Waals surface area contributed by atoms with Crippen molar-refractivity contribution in [2.45, 2.75) is 18.6 Å². The predicted octanol–water partition coefficient (Wildman–Crippen LogP) is 0.0337. The molecule has 3 nitrogen and oxygen atoms in total. The summed E-state index contributed by atoms with van der Waals surface area (Å²) in [5.41, 5.74) is 0. The second-order valence-corrected chi connectivity index (χ2v) is 5.55. The molecule has 0 radical (unpaired) electrons. The van der Waals surface area contributed by atoms with Crippen LogP contribution >= 0.6 is 0 Å². The topological polar surface area (TPSA) is 43.4 Å². The third-order valence-electron chi connectivity index (χ3n) is 5.50. The lowest BCUT2D eigenvalue weighted by molar-refractivity contribution is -0.131. The summed E-state index contributed by atoms with van der Waals surface area (Å²) in [5, 5.41) is 0. The van der Waals surface area contributed by atoms with Crippen molar-refractivity contribution in [3.05, 3.63) is 0 Å². The Kier molecular flexibility index (Phi) is 0.770. The lowest BCUT2D eigenvalue weighted by atomic mass is 9.79. The first-order valence-corrected chi connectivity index (χ1v) is 5.52. The molecule has 1 aliphatic heterocycles. The van der Waals surface area contributed by atoms with Gasteiger partial charge in [0.15, 0.2) is 11.6 Å². The summed E-state index contributed by atoms with van der Waals surface area (Å²) in [6, 6.07) is 0. The number of carbonyl (C=O) groups excluding carboxylic acids is 2. The van der Waals surface area contributed by atoms with Crippen LogP contribution in [-0.4, -0.2) is 23.8 Å². The Labute approximate surface area is 80.8 Å². The van der Waals surface area contributed by atoms with Gasteiger partial charge in [0, 0.05) is 23.7 Å². The summed E-state index contributed by atoms with van der Waals surface area (Å²) < 4.78 is 5.66. The Morgan fingerprint density at radius 3 is 1.93 bits per heavy atom. The van der Waals surface area contributed by atoms with E-state index in [1.54, 1.807) is 0 Å². The van der Waals surface area contributed by atoms with Gasteiger partial charge in [0.05, 0.1) is 0 Å². The van der Waals surface area contributed by atoms with E-state index in [0.29, 0.717) is 23.7 Å². The highest BCUT2D eigenvalue weighted by molar-refractivity contribution is 6.02. The van der Waals surface area contributed by atoms with Gasteiger partial charge in [-0.05, 0) is 18.3 Å². The van der Waals surface area contributed by atoms with Crippen LogP contribution in [0.1, 0.15) is 6.42 Å². The molecule has 8 unspecified atom stereocenters. The van der Waals surface area contributed by atoms with E-state index in [1.807, 2.05) is 0 Å². The summed E-state index contributed by atoms with van der Waals surface area (Å²) in [6.07, 6.45) is 0.779. The molecule has 0 amide bonds. The summed E-state index contributed by atoms with van der Waals surface area (Å²) in [7, 11) is 0. The fourth-order valence-electron chi connectivity index (χ4n) is 5.36. The molecule has 2 bridgehead atoms. The van der Waals surface area contributed by atoms with Crippen molar-refractivity contribution in [2.24, 2.45) is 35.5 Å². The molecule has 0 aromatic rings. The zero-order valence-corrected chi connectivity index (χ0v) is 7.55. The molecule has 3 heteroatoms. The molecule has 72 valence electrons. The van der Waals surface area contributed by atoms with Gasteiger partial charge in [-0.2, -0.15) is 0 Å². The van der Waals surface area contributed by atoms with E-state index in [-0.39, 0.29) is 35.6 Å². The van der Waals surface area contributed by atoms with E-state index in [1.165, 1.54) is 0 Å². The summed E-state index contributed by atoms with van der Waals surface area (Å²) in [4.78, 5) is 24.0. The second-order valence-electron chi connectivity index (χ2n) is 5.55. The molecule has 5 aliphatic rings. The van der Waals surface area contributed by atoms with Crippen LogP contribution in [0, 0.1) is 35.5 Å². The molecule has 0 spiro atoms. The number of hydrogen-bond acceptors (Lipinski definition) is 3. The Bertz CT molecular complexity index is 365. The summed E-state index contributed by atoms with van der Waals surface area (Å²) >= 11 is 0. The average Bonchev–Trinajstić information content (AvgIpc) is 2.82. The molecule has 1 saturated heterocycles. The number of Topliss-reactive ketones (excluding diaryl/α,β-unsaturated/α-hetero) is 2. The third-order valence-corrected chi connectivity index (χ3v) is 5.50. The number of carbonyl (C=O) groups is 2. The highest BCUT2D eigenvalue weighted by Gasteiger charge is 2.79. The van der Waals surface area contributed by atoms with Crippen LogP contribution in [0.3, 0.4) is 0 Å². The lowest BCUT2D eigenvalue weighted by Gasteiger charge is -2.21. The first kappa shape index (κ1) is 6.72. The number of ketones is 2. The van der Waals surface area contributed by atoms with Crippen molar-refractivity contribution in [1.82, 2.24) is 0 Å². The maximum absolute atomic E-state index is 12.0. The first-order valence-electron chi connectivity index (χ1n) is 5.52. The molecule has 14 heavy (non-hydrogen) atoms. The molecule has 5 fully saturated rings. The minimum Gasteiger partial charge on any atom is -0.359 e. The maximum Gasteiger partial charge on any atom is 0.165 e. The van der Waals surface area contributed by atoms with Crippen LogP contribution in [0.25, 0.3) is 0 Å². The fraction of sp³-hybridized carbons (Fsp3) is 0.818. The minimum absolute atomic E-state index is 0.0752. The molecular formula is C11H10O3. The summed E-state index contributed by atoms with van der Waals surface area (Å²) in [6.45, 7) is 0. The fourth-order valence-corrected chi connectivity index (χ4v) is 5.36. The van der Waals surface area contributed by atoms with Crippen LogP contribution in [0.5, 0.6) is 0 Å². The third kappa shape index (κ3) is 0.392. The van der Waals surface area contributed by atoms with Gasteiger partial charge in [0.25, 0.3) is 0 Å². The first-order chi connectivity index (χ1) is 6.79. The normalized spacial score (nSPS) is 70.6. The Morgan fingerprint density at radius 1 is 0.929 bits per heavy atom. The Morgan fingerprint density at radius 2 is 1.43 bits per heavy atom. The van der Waals surface area contributed by atoms with E-state index in [0.717, 1.165) is 6.42 Å². The highest BCUT2D eigenvalue weighted by Crippen LogP contribution is 2.72. The van der Waals surface area contributed by atoms with Crippen LogP contribution < -0.4 is 0 Å². The van der Waals surface area contributed by atoms with Crippen molar-refractivity contribution in [2.75, 3.05) is 0 Å². The van der Waals surface area contributed by atoms with E-state index in [4.69, 9.17) is 4.74 Å². The van der Waals surface area contributed by atoms with Gasteiger partial charge in [-0.25, -0.2) is 0 Å². The standard InChI is InChI=1S/C11H10O3/c12-8-4-2-1-3-5(4)9(13)11-7(3)6(2)10(8)14-11/h2-7,10-11H,1H2. The minimum atomic E-state index is -0.179. The molecule has 0 aromatic heterocycles. The molecule has 4 aliphatic carbocycles. The maximum atomic E-state index is 12.0. The molecular weight excluding hydrogens is 180 g/mol. The number of fused-ring (bicyclic) bond motifs is 1. The van der Waals surface area contributed by atoms with Gasteiger partial charge in [-0.15, -0.1) is 0 Å². The molecule has 0 aromatic carbocycles. The van der Waals surface area contributed by atoms with Crippen molar-refractivity contribution in [1.29, 1.82) is 0 Å². The van der Waals surface area contributed by atoms with Crippen LogP contribution in [0.2, 0.25) is 0 Å². The molecule has 1 heterocycles. The van der Waals surface area contributed by atoms with Gasteiger partial charge in [0.1, 0.15) is 12.2 Å². The molecule has 0 N–H and O–H groups in total. The van der Waals surface area contributed by atoms with Crippen molar-refractivity contribution >= 4 is 11.6 Å².